The Balaban J connectivity index is 5.40. The van der Waals surface area contributed by atoms with Gasteiger partial charge in [-0.05, 0) is 31.3 Å². The Morgan fingerprint density at radius 1 is 0.818 bits per heavy atom. The Morgan fingerprint density at radius 3 is 1.79 bits per heavy atom. The molecular formula is C18H31N5O9S. The van der Waals surface area contributed by atoms with Gasteiger partial charge in [0.1, 0.15) is 18.1 Å². The third-order valence-electron chi connectivity index (χ3n) is 4.36. The lowest BCUT2D eigenvalue weighted by Gasteiger charge is -2.24. The minimum atomic E-state index is -1.66. The van der Waals surface area contributed by atoms with E-state index in [1.165, 1.54) is 11.8 Å². The SMILES string of the molecule is CSCCC(NC(=O)C(N)CCC(N)=O)C(=O)NC(CCC(=O)O)C(=O)NC(CO)C(=O)O. The van der Waals surface area contributed by atoms with Crippen LogP contribution in [0.15, 0.2) is 0 Å². The zero-order valence-corrected chi connectivity index (χ0v) is 18.9. The highest BCUT2D eigenvalue weighted by Crippen LogP contribution is 2.06. The molecule has 33 heavy (non-hydrogen) atoms. The summed E-state index contributed by atoms with van der Waals surface area (Å²) in [5.41, 5.74) is 10.7. The van der Waals surface area contributed by atoms with E-state index in [4.69, 9.17) is 26.8 Å². The number of carbonyl (C=O) groups is 6. The highest BCUT2D eigenvalue weighted by atomic mass is 32.2. The van der Waals surface area contributed by atoms with Crippen molar-refractivity contribution in [2.24, 2.45) is 11.5 Å². The lowest BCUT2D eigenvalue weighted by Crippen LogP contribution is -2.57. The van der Waals surface area contributed by atoms with Crippen LogP contribution in [0.3, 0.4) is 0 Å². The van der Waals surface area contributed by atoms with Gasteiger partial charge in [-0.2, -0.15) is 11.8 Å². The molecule has 0 saturated carbocycles. The molecule has 0 aromatic rings. The highest BCUT2D eigenvalue weighted by Gasteiger charge is 2.30. The van der Waals surface area contributed by atoms with Crippen molar-refractivity contribution in [1.82, 2.24) is 16.0 Å². The molecule has 0 fully saturated rings. The van der Waals surface area contributed by atoms with Crippen LogP contribution < -0.4 is 27.4 Å². The molecule has 0 saturated heterocycles. The van der Waals surface area contributed by atoms with Crippen LogP contribution in [0, 0.1) is 0 Å². The quantitative estimate of drug-likeness (QED) is 0.0997. The van der Waals surface area contributed by atoms with E-state index >= 15 is 0 Å². The molecule has 0 bridgehead atoms. The molecule has 14 nitrogen and oxygen atoms in total. The van der Waals surface area contributed by atoms with Crippen LogP contribution in [0.25, 0.3) is 0 Å². The Bertz CT molecular complexity index is 721. The maximum atomic E-state index is 12.8. The first-order chi connectivity index (χ1) is 15.4. The number of hydrogen-bond donors (Lipinski definition) is 8. The van der Waals surface area contributed by atoms with E-state index in [-0.39, 0.29) is 25.7 Å². The standard InChI is InChI=1S/C18H31N5O9S/c1-33-7-6-11(21-15(28)9(19)2-4-13(20)25)17(30)22-10(3-5-14(26)27)16(29)23-12(8-24)18(31)32/h9-12,24H,2-8,19H2,1H3,(H2,20,25)(H,21,28)(H,22,30)(H,23,29)(H,26,27)(H,31,32). The van der Waals surface area contributed by atoms with Gasteiger partial charge in [-0.25, -0.2) is 4.79 Å². The third kappa shape index (κ3) is 12.6. The van der Waals surface area contributed by atoms with E-state index in [0.29, 0.717) is 5.75 Å². The van der Waals surface area contributed by atoms with Crippen LogP contribution >= 0.6 is 11.8 Å². The molecule has 4 amide bonds. The summed E-state index contributed by atoms with van der Waals surface area (Å²) in [6.07, 6.45) is 0.839. The molecule has 0 aromatic carbocycles. The lowest BCUT2D eigenvalue weighted by molar-refractivity contribution is -0.144. The second-order valence-electron chi connectivity index (χ2n) is 7.03. The fourth-order valence-corrected chi connectivity index (χ4v) is 2.95. The molecule has 0 radical (unpaired) electrons. The fourth-order valence-electron chi connectivity index (χ4n) is 2.48. The van der Waals surface area contributed by atoms with E-state index < -0.39 is 72.8 Å². The molecule has 10 N–H and O–H groups in total. The van der Waals surface area contributed by atoms with Crippen molar-refractivity contribution in [3.63, 3.8) is 0 Å². The molecule has 15 heteroatoms. The van der Waals surface area contributed by atoms with Gasteiger partial charge in [0.05, 0.1) is 12.6 Å². The average molecular weight is 494 g/mol. The predicted octanol–water partition coefficient (Wildman–Crippen LogP) is -3.27. The molecular weight excluding hydrogens is 462 g/mol. The van der Waals surface area contributed by atoms with Crippen molar-refractivity contribution >= 4 is 47.3 Å². The Morgan fingerprint density at radius 2 is 1.33 bits per heavy atom. The van der Waals surface area contributed by atoms with Gasteiger partial charge in [-0.3, -0.25) is 24.0 Å². The van der Waals surface area contributed by atoms with E-state index in [1.807, 2.05) is 5.32 Å². The first kappa shape index (κ1) is 30.1. The van der Waals surface area contributed by atoms with Crippen LogP contribution in [0.1, 0.15) is 32.1 Å². The van der Waals surface area contributed by atoms with E-state index in [9.17, 15) is 28.8 Å². The first-order valence-corrected chi connectivity index (χ1v) is 11.3. The summed E-state index contributed by atoms with van der Waals surface area (Å²) in [4.78, 5) is 70.3. The number of aliphatic carboxylic acids is 2. The zero-order chi connectivity index (χ0) is 25.6. The number of amides is 4. The van der Waals surface area contributed by atoms with E-state index in [1.54, 1.807) is 6.26 Å². The summed E-state index contributed by atoms with van der Waals surface area (Å²) in [5, 5.41) is 33.7. The Hall–Kier alpha value is -2.91. The van der Waals surface area contributed by atoms with Gasteiger partial charge in [0.2, 0.25) is 23.6 Å². The van der Waals surface area contributed by atoms with Gasteiger partial charge in [-0.1, -0.05) is 0 Å². The van der Waals surface area contributed by atoms with E-state index in [0.717, 1.165) is 0 Å². The molecule has 0 aromatic heterocycles. The molecule has 0 spiro atoms. The lowest BCUT2D eigenvalue weighted by atomic mass is 10.1. The zero-order valence-electron chi connectivity index (χ0n) is 18.1. The number of hydrogen-bond acceptors (Lipinski definition) is 9. The molecule has 0 rings (SSSR count). The monoisotopic (exact) mass is 493 g/mol. The third-order valence-corrected chi connectivity index (χ3v) is 5.00. The van der Waals surface area contributed by atoms with Gasteiger partial charge in [-0.15, -0.1) is 0 Å². The molecule has 0 heterocycles. The van der Waals surface area contributed by atoms with Gasteiger partial charge >= 0.3 is 11.9 Å². The number of aliphatic hydroxyl groups is 1. The van der Waals surface area contributed by atoms with Crippen molar-refractivity contribution in [2.45, 2.75) is 56.3 Å². The van der Waals surface area contributed by atoms with Gasteiger partial charge in [0, 0.05) is 12.8 Å². The number of rotatable bonds is 17. The Kier molecular flexibility index (Phi) is 14.4. The van der Waals surface area contributed by atoms with Crippen LogP contribution in [0.4, 0.5) is 0 Å². The number of carboxylic acid groups (broad SMARTS) is 2. The van der Waals surface area contributed by atoms with Crippen LogP contribution in [-0.2, 0) is 28.8 Å². The second kappa shape index (κ2) is 15.8. The smallest absolute Gasteiger partial charge is 0.328 e. The van der Waals surface area contributed by atoms with Crippen molar-refractivity contribution in [3.05, 3.63) is 0 Å². The number of thioether (sulfide) groups is 1. The summed E-state index contributed by atoms with van der Waals surface area (Å²) < 4.78 is 0. The topological polar surface area (TPSA) is 251 Å². The van der Waals surface area contributed by atoms with Crippen LogP contribution in [0.5, 0.6) is 0 Å². The summed E-state index contributed by atoms with van der Waals surface area (Å²) >= 11 is 1.38. The van der Waals surface area contributed by atoms with Gasteiger partial charge in [0.25, 0.3) is 0 Å². The molecule has 0 aliphatic carbocycles. The van der Waals surface area contributed by atoms with Gasteiger partial charge < -0.3 is 42.7 Å². The predicted molar refractivity (Wildman–Crippen MR) is 117 cm³/mol. The number of primary amides is 1. The van der Waals surface area contributed by atoms with Gasteiger partial charge in [0.15, 0.2) is 0 Å². The summed E-state index contributed by atoms with van der Waals surface area (Å²) in [7, 11) is 0. The molecule has 4 atom stereocenters. The number of carbonyl (C=O) groups excluding carboxylic acids is 4. The molecule has 4 unspecified atom stereocenters. The fraction of sp³-hybridized carbons (Fsp3) is 0.667. The van der Waals surface area contributed by atoms with Crippen LogP contribution in [0.2, 0.25) is 0 Å². The maximum absolute atomic E-state index is 12.8. The molecule has 0 aliphatic rings. The minimum absolute atomic E-state index is 0.0422. The summed E-state index contributed by atoms with van der Waals surface area (Å²) in [6, 6.07) is -5.36. The number of aliphatic hydroxyl groups excluding tert-OH is 1. The van der Waals surface area contributed by atoms with Crippen molar-refractivity contribution in [1.29, 1.82) is 0 Å². The second-order valence-corrected chi connectivity index (χ2v) is 8.02. The van der Waals surface area contributed by atoms with Crippen molar-refractivity contribution in [3.8, 4) is 0 Å². The normalized spacial score (nSPS) is 14.3. The maximum Gasteiger partial charge on any atom is 0.328 e. The number of carboxylic acids is 2. The molecule has 0 aliphatic heterocycles. The van der Waals surface area contributed by atoms with Crippen molar-refractivity contribution < 1.29 is 44.1 Å². The summed E-state index contributed by atoms with van der Waals surface area (Å²) in [5.74, 6) is -5.55. The number of nitrogens with one attached hydrogen (secondary N) is 3. The van der Waals surface area contributed by atoms with Crippen molar-refractivity contribution in [2.75, 3.05) is 18.6 Å². The molecule has 188 valence electrons. The Labute approximate surface area is 194 Å². The first-order valence-electron chi connectivity index (χ1n) is 9.92. The minimum Gasteiger partial charge on any atom is -0.481 e. The highest BCUT2D eigenvalue weighted by molar-refractivity contribution is 7.98. The summed E-state index contributed by atoms with van der Waals surface area (Å²) in [6.45, 7) is -0.920. The van der Waals surface area contributed by atoms with E-state index in [2.05, 4.69) is 10.6 Å². The average Bonchev–Trinajstić information content (AvgIpc) is 2.74. The van der Waals surface area contributed by atoms with Crippen LogP contribution in [-0.4, -0.2) is 93.7 Å². The largest absolute Gasteiger partial charge is 0.481 e. The number of nitrogens with two attached hydrogens (primary N) is 2.